The van der Waals surface area contributed by atoms with Gasteiger partial charge in [0, 0.05) is 24.7 Å². The van der Waals surface area contributed by atoms with E-state index in [0.717, 1.165) is 19.4 Å². The molecule has 0 aromatic rings. The molecule has 1 heterocycles. The predicted molar refractivity (Wildman–Crippen MR) is 48.2 cm³/mol. The van der Waals surface area contributed by atoms with Crippen molar-refractivity contribution in [3.63, 3.8) is 0 Å². The van der Waals surface area contributed by atoms with Crippen LogP contribution in [0.25, 0.3) is 0 Å². The molecule has 0 aromatic heterocycles. The summed E-state index contributed by atoms with van der Waals surface area (Å²) in [5, 5.41) is 0.134. The van der Waals surface area contributed by atoms with Gasteiger partial charge in [0.25, 0.3) is 0 Å². The molecule has 0 bridgehead atoms. The van der Waals surface area contributed by atoms with Crippen molar-refractivity contribution in [1.82, 2.24) is 4.72 Å². The van der Waals surface area contributed by atoms with E-state index in [2.05, 4.69) is 4.72 Å². The number of ether oxygens (including phenoxy) is 1. The van der Waals surface area contributed by atoms with Crippen LogP contribution in [0.5, 0.6) is 0 Å². The summed E-state index contributed by atoms with van der Waals surface area (Å²) in [6, 6.07) is 0. The highest BCUT2D eigenvalue weighted by molar-refractivity contribution is 8.77. The molecule has 0 aliphatic carbocycles. The topological polar surface area (TPSA) is 38.3 Å². The molecule has 11 heavy (non-hydrogen) atoms. The van der Waals surface area contributed by atoms with Crippen molar-refractivity contribution in [2.24, 2.45) is 0 Å². The van der Waals surface area contributed by atoms with E-state index in [0.29, 0.717) is 0 Å². The molecular weight excluding hydrogens is 182 g/mol. The molecule has 3 nitrogen and oxygen atoms in total. The zero-order chi connectivity index (χ0) is 8.10. The average Bonchev–Trinajstić information content (AvgIpc) is 2.37. The summed E-state index contributed by atoms with van der Waals surface area (Å²) in [5.41, 5.74) is 0. The lowest BCUT2D eigenvalue weighted by Crippen LogP contribution is -2.20. The molecule has 64 valence electrons. The number of rotatable bonds is 4. The van der Waals surface area contributed by atoms with E-state index in [1.54, 1.807) is 17.9 Å². The van der Waals surface area contributed by atoms with Crippen molar-refractivity contribution in [2.75, 3.05) is 13.7 Å². The zero-order valence-electron chi connectivity index (χ0n) is 6.33. The Bertz CT molecular complexity index is 143. The van der Waals surface area contributed by atoms with Gasteiger partial charge in [0.2, 0.25) is 5.91 Å². The fraction of sp³-hybridized carbons (Fsp3) is 0.833. The summed E-state index contributed by atoms with van der Waals surface area (Å²) < 4.78 is 7.59. The first kappa shape index (κ1) is 9.22. The number of carbonyl (C=O) groups excluding carboxylic acids is 1. The van der Waals surface area contributed by atoms with Crippen molar-refractivity contribution in [1.29, 1.82) is 0 Å². The van der Waals surface area contributed by atoms with Crippen LogP contribution in [0.1, 0.15) is 12.8 Å². The average molecular weight is 193 g/mol. The molecule has 1 rings (SSSR count). The highest BCUT2D eigenvalue weighted by atomic mass is 33.1. The first-order chi connectivity index (χ1) is 5.34. The summed E-state index contributed by atoms with van der Waals surface area (Å²) >= 11 is 0. The van der Waals surface area contributed by atoms with E-state index < -0.39 is 0 Å². The highest BCUT2D eigenvalue weighted by Gasteiger charge is 2.25. The molecule has 1 aliphatic heterocycles. The van der Waals surface area contributed by atoms with E-state index in [9.17, 15) is 4.79 Å². The summed E-state index contributed by atoms with van der Waals surface area (Å²) in [5.74, 6) is 0.149. The minimum atomic E-state index is 0.134. The Kier molecular flexibility index (Phi) is 4.11. The molecular formula is C6H11NO2S2. The van der Waals surface area contributed by atoms with E-state index in [-0.39, 0.29) is 11.2 Å². The minimum absolute atomic E-state index is 0.134. The first-order valence-electron chi connectivity index (χ1n) is 3.45. The molecule has 1 unspecified atom stereocenters. The number of carbonyl (C=O) groups is 1. The van der Waals surface area contributed by atoms with E-state index in [1.807, 2.05) is 0 Å². The monoisotopic (exact) mass is 193 g/mol. The second-order valence-electron chi connectivity index (χ2n) is 2.27. The maximum atomic E-state index is 11.0. The van der Waals surface area contributed by atoms with Crippen molar-refractivity contribution in [2.45, 2.75) is 18.1 Å². The van der Waals surface area contributed by atoms with Crippen molar-refractivity contribution in [3.05, 3.63) is 0 Å². The third kappa shape index (κ3) is 2.92. The maximum absolute atomic E-state index is 11.0. The summed E-state index contributed by atoms with van der Waals surface area (Å²) in [7, 11) is 4.70. The number of hydrogen-bond acceptors (Lipinski definition) is 4. The molecule has 1 fully saturated rings. The predicted octanol–water partition coefficient (Wildman–Crippen LogP) is 1.21. The van der Waals surface area contributed by atoms with Crippen LogP contribution in [-0.2, 0) is 9.53 Å². The molecule has 0 radical (unpaired) electrons. The summed E-state index contributed by atoms with van der Waals surface area (Å²) in [4.78, 5) is 11.0. The molecule has 1 amide bonds. The molecule has 0 aromatic carbocycles. The van der Waals surface area contributed by atoms with Gasteiger partial charge in [-0.1, -0.05) is 10.8 Å². The first-order valence-corrected chi connectivity index (χ1v) is 5.67. The van der Waals surface area contributed by atoms with Gasteiger partial charge in [-0.25, -0.2) is 0 Å². The standard InChI is InChI=1S/C6H11NO2S2/c1-9-4-2-3-5-6(8)7-11-10-5/h5H,2-4H2,1H3,(H,7,8). The van der Waals surface area contributed by atoms with Gasteiger partial charge >= 0.3 is 0 Å². The smallest absolute Gasteiger partial charge is 0.244 e. The molecule has 1 atom stereocenters. The van der Waals surface area contributed by atoms with E-state index in [1.165, 1.54) is 11.0 Å². The zero-order valence-corrected chi connectivity index (χ0v) is 7.96. The minimum Gasteiger partial charge on any atom is -0.385 e. The van der Waals surface area contributed by atoms with E-state index in [4.69, 9.17) is 4.74 Å². The van der Waals surface area contributed by atoms with Crippen LogP contribution < -0.4 is 4.72 Å². The van der Waals surface area contributed by atoms with Crippen LogP contribution >= 0.6 is 21.8 Å². The largest absolute Gasteiger partial charge is 0.385 e. The number of amides is 1. The van der Waals surface area contributed by atoms with Gasteiger partial charge in [-0.15, -0.1) is 0 Å². The fourth-order valence-corrected chi connectivity index (χ4v) is 2.99. The third-order valence-electron chi connectivity index (χ3n) is 1.41. The van der Waals surface area contributed by atoms with Gasteiger partial charge in [-0.3, -0.25) is 9.52 Å². The molecule has 1 saturated heterocycles. The van der Waals surface area contributed by atoms with Gasteiger partial charge < -0.3 is 4.74 Å². The molecule has 1 aliphatic rings. The van der Waals surface area contributed by atoms with Crippen molar-refractivity contribution in [3.8, 4) is 0 Å². The Morgan fingerprint density at radius 1 is 1.73 bits per heavy atom. The highest BCUT2D eigenvalue weighted by Crippen LogP contribution is 2.33. The van der Waals surface area contributed by atoms with Crippen molar-refractivity contribution < 1.29 is 9.53 Å². The van der Waals surface area contributed by atoms with Gasteiger partial charge in [-0.2, -0.15) is 0 Å². The summed E-state index contributed by atoms with van der Waals surface area (Å²) in [6.07, 6.45) is 1.87. The Morgan fingerprint density at radius 2 is 2.55 bits per heavy atom. The van der Waals surface area contributed by atoms with Crippen LogP contribution in [0.4, 0.5) is 0 Å². The van der Waals surface area contributed by atoms with Gasteiger partial charge in [0.05, 0.1) is 5.25 Å². The third-order valence-corrected chi connectivity index (χ3v) is 3.71. The summed E-state index contributed by atoms with van der Waals surface area (Å²) in [6.45, 7) is 0.745. The van der Waals surface area contributed by atoms with Gasteiger partial charge in [0.1, 0.15) is 0 Å². The molecule has 0 spiro atoms. The molecule has 5 heteroatoms. The Labute approximate surface area is 74.2 Å². The SMILES string of the molecule is COCCCC1SSNC1=O. The lowest BCUT2D eigenvalue weighted by atomic mass is 10.2. The number of nitrogens with one attached hydrogen (secondary N) is 1. The fourth-order valence-electron chi connectivity index (χ4n) is 0.825. The van der Waals surface area contributed by atoms with Gasteiger partial charge in [-0.05, 0) is 12.8 Å². The Hall–Kier alpha value is 0.130. The Morgan fingerprint density at radius 3 is 3.09 bits per heavy atom. The second-order valence-corrected chi connectivity index (χ2v) is 4.48. The normalized spacial score (nSPS) is 23.7. The Balaban J connectivity index is 2.10. The number of hydrogen-bond donors (Lipinski definition) is 1. The van der Waals surface area contributed by atoms with Crippen LogP contribution in [-0.4, -0.2) is 24.9 Å². The van der Waals surface area contributed by atoms with Crippen LogP contribution in [0.3, 0.4) is 0 Å². The van der Waals surface area contributed by atoms with Crippen LogP contribution in [0.15, 0.2) is 0 Å². The van der Waals surface area contributed by atoms with E-state index >= 15 is 0 Å². The van der Waals surface area contributed by atoms with Crippen LogP contribution in [0, 0.1) is 0 Å². The lowest BCUT2D eigenvalue weighted by molar-refractivity contribution is -0.118. The lowest BCUT2D eigenvalue weighted by Gasteiger charge is -2.02. The second kappa shape index (κ2) is 4.90. The molecule has 0 saturated carbocycles. The van der Waals surface area contributed by atoms with Crippen LogP contribution in [0.2, 0.25) is 0 Å². The molecule has 1 N–H and O–H groups in total. The van der Waals surface area contributed by atoms with Gasteiger partial charge in [0.15, 0.2) is 0 Å². The quantitative estimate of drug-likeness (QED) is 0.414. The van der Waals surface area contributed by atoms with Crippen molar-refractivity contribution >= 4 is 27.7 Å². The maximum Gasteiger partial charge on any atom is 0.244 e. The number of methoxy groups -OCH3 is 1.